The Morgan fingerprint density at radius 3 is 2.14 bits per heavy atom. The van der Waals surface area contributed by atoms with E-state index in [1.165, 1.54) is 0 Å². The molecule has 0 saturated heterocycles. The summed E-state index contributed by atoms with van der Waals surface area (Å²) in [6.07, 6.45) is 5.43. The van der Waals surface area contributed by atoms with Crippen LogP contribution in [0.15, 0.2) is 30.7 Å². The minimum atomic E-state index is 0.779. The Hall–Kier alpha value is -1.77. The molecule has 0 bridgehead atoms. The maximum Gasteiger partial charge on any atom is 0.125 e. The predicted molar refractivity (Wildman–Crippen MR) is 54.7 cm³/mol. The number of pyridine rings is 1. The van der Waals surface area contributed by atoms with Gasteiger partial charge >= 0.3 is 0 Å². The van der Waals surface area contributed by atoms with E-state index in [2.05, 4.69) is 15.0 Å². The maximum absolute atomic E-state index is 4.30. The molecule has 0 N–H and O–H groups in total. The van der Waals surface area contributed by atoms with Gasteiger partial charge in [0.15, 0.2) is 0 Å². The molecule has 0 saturated carbocycles. The minimum Gasteiger partial charge on any atom is -0.256 e. The first-order valence-electron chi connectivity index (χ1n) is 4.47. The molecule has 2 rings (SSSR count). The zero-order chi connectivity index (χ0) is 9.97. The highest BCUT2D eigenvalue weighted by Gasteiger charge is 1.98. The summed E-state index contributed by atoms with van der Waals surface area (Å²) in [6.45, 7) is 3.88. The van der Waals surface area contributed by atoms with Gasteiger partial charge in [0.2, 0.25) is 0 Å². The molecule has 0 unspecified atom stereocenters. The van der Waals surface area contributed by atoms with Crippen molar-refractivity contribution >= 4 is 0 Å². The highest BCUT2D eigenvalue weighted by atomic mass is 14.9. The number of hydrogen-bond acceptors (Lipinski definition) is 3. The Morgan fingerprint density at radius 1 is 0.857 bits per heavy atom. The van der Waals surface area contributed by atoms with E-state index in [-0.39, 0.29) is 0 Å². The van der Waals surface area contributed by atoms with Gasteiger partial charge in [0, 0.05) is 24.2 Å². The first-order chi connectivity index (χ1) is 6.75. The maximum atomic E-state index is 4.30. The van der Waals surface area contributed by atoms with Crippen LogP contribution in [0, 0.1) is 13.8 Å². The lowest BCUT2D eigenvalue weighted by atomic mass is 10.2. The second kappa shape index (κ2) is 3.54. The van der Waals surface area contributed by atoms with Gasteiger partial charge in [0.05, 0.1) is 5.69 Å². The molecule has 0 aliphatic carbocycles. The smallest absolute Gasteiger partial charge is 0.125 e. The molecule has 2 aromatic heterocycles. The van der Waals surface area contributed by atoms with Gasteiger partial charge in [-0.05, 0) is 25.5 Å². The molecule has 0 aliphatic rings. The quantitative estimate of drug-likeness (QED) is 0.683. The molecule has 3 nitrogen and oxygen atoms in total. The summed E-state index contributed by atoms with van der Waals surface area (Å²) in [5.74, 6) is 0.779. The van der Waals surface area contributed by atoms with Crippen LogP contribution in [-0.2, 0) is 0 Å². The van der Waals surface area contributed by atoms with Crippen LogP contribution in [-0.4, -0.2) is 15.0 Å². The van der Waals surface area contributed by atoms with Gasteiger partial charge in [-0.1, -0.05) is 6.07 Å². The van der Waals surface area contributed by atoms with Gasteiger partial charge in [-0.25, -0.2) is 9.97 Å². The molecule has 70 valence electrons. The normalized spacial score (nSPS) is 10.1. The summed E-state index contributed by atoms with van der Waals surface area (Å²) in [4.78, 5) is 12.6. The zero-order valence-corrected chi connectivity index (χ0v) is 8.23. The van der Waals surface area contributed by atoms with Gasteiger partial charge in [0.25, 0.3) is 0 Å². The van der Waals surface area contributed by atoms with Crippen molar-refractivity contribution in [2.75, 3.05) is 0 Å². The fraction of sp³-hybridized carbons (Fsp3) is 0.182. The van der Waals surface area contributed by atoms with Crippen molar-refractivity contribution in [1.82, 2.24) is 15.0 Å². The number of rotatable bonds is 1. The molecule has 0 aliphatic heterocycles. The standard InChI is InChI=1S/C11H11N3/c1-8-3-4-11(14-5-8)10-6-12-9(2)13-7-10/h3-7H,1-2H3. The summed E-state index contributed by atoms with van der Waals surface area (Å²) in [5, 5.41) is 0. The average molecular weight is 185 g/mol. The van der Waals surface area contributed by atoms with E-state index < -0.39 is 0 Å². The molecular formula is C11H11N3. The third-order valence-corrected chi connectivity index (χ3v) is 1.99. The van der Waals surface area contributed by atoms with Crippen molar-refractivity contribution in [3.8, 4) is 11.3 Å². The highest BCUT2D eigenvalue weighted by molar-refractivity contribution is 5.56. The zero-order valence-electron chi connectivity index (χ0n) is 8.23. The molecule has 2 aromatic rings. The summed E-state index contributed by atoms with van der Waals surface area (Å²) < 4.78 is 0. The third-order valence-electron chi connectivity index (χ3n) is 1.99. The number of nitrogens with zero attached hydrogens (tertiary/aromatic N) is 3. The molecule has 0 atom stereocenters. The van der Waals surface area contributed by atoms with E-state index in [1.807, 2.05) is 32.2 Å². The Kier molecular flexibility index (Phi) is 2.23. The minimum absolute atomic E-state index is 0.779. The summed E-state index contributed by atoms with van der Waals surface area (Å²) in [6, 6.07) is 4.01. The first-order valence-corrected chi connectivity index (χ1v) is 4.47. The van der Waals surface area contributed by atoms with Crippen molar-refractivity contribution in [1.29, 1.82) is 0 Å². The van der Waals surface area contributed by atoms with Crippen LogP contribution in [0.2, 0.25) is 0 Å². The van der Waals surface area contributed by atoms with E-state index in [1.54, 1.807) is 12.4 Å². The second-order valence-electron chi connectivity index (χ2n) is 3.24. The van der Waals surface area contributed by atoms with Gasteiger partial charge in [-0.3, -0.25) is 4.98 Å². The number of aromatic nitrogens is 3. The third kappa shape index (κ3) is 1.76. The monoisotopic (exact) mass is 185 g/mol. The van der Waals surface area contributed by atoms with E-state index >= 15 is 0 Å². The van der Waals surface area contributed by atoms with Crippen molar-refractivity contribution in [2.24, 2.45) is 0 Å². The molecule has 0 aromatic carbocycles. The topological polar surface area (TPSA) is 38.7 Å². The largest absolute Gasteiger partial charge is 0.256 e. The lowest BCUT2D eigenvalue weighted by molar-refractivity contribution is 1.05. The molecular weight excluding hydrogens is 174 g/mol. The van der Waals surface area contributed by atoms with Crippen LogP contribution in [0.3, 0.4) is 0 Å². The second-order valence-corrected chi connectivity index (χ2v) is 3.24. The average Bonchev–Trinajstić information content (AvgIpc) is 2.21. The number of hydrogen-bond donors (Lipinski definition) is 0. The molecule has 0 fully saturated rings. The Morgan fingerprint density at radius 2 is 1.57 bits per heavy atom. The van der Waals surface area contributed by atoms with E-state index in [0.29, 0.717) is 0 Å². The first kappa shape index (κ1) is 8.81. The SMILES string of the molecule is Cc1ccc(-c2cnc(C)nc2)nc1. The van der Waals surface area contributed by atoms with Crippen molar-refractivity contribution < 1.29 is 0 Å². The van der Waals surface area contributed by atoms with Crippen LogP contribution in [0.5, 0.6) is 0 Å². The van der Waals surface area contributed by atoms with Crippen LogP contribution in [0.1, 0.15) is 11.4 Å². The van der Waals surface area contributed by atoms with E-state index in [9.17, 15) is 0 Å². The molecule has 14 heavy (non-hydrogen) atoms. The molecule has 0 amide bonds. The predicted octanol–water partition coefficient (Wildman–Crippen LogP) is 2.16. The summed E-state index contributed by atoms with van der Waals surface area (Å²) in [5.41, 5.74) is 3.02. The Bertz CT molecular complexity index is 374. The molecule has 2 heterocycles. The van der Waals surface area contributed by atoms with Crippen LogP contribution in [0.4, 0.5) is 0 Å². The summed E-state index contributed by atoms with van der Waals surface area (Å²) in [7, 11) is 0. The van der Waals surface area contributed by atoms with Gasteiger partial charge in [-0.2, -0.15) is 0 Å². The fourth-order valence-corrected chi connectivity index (χ4v) is 1.16. The lowest BCUT2D eigenvalue weighted by Crippen LogP contribution is -1.89. The van der Waals surface area contributed by atoms with Crippen LogP contribution >= 0.6 is 0 Å². The van der Waals surface area contributed by atoms with Crippen molar-refractivity contribution in [3.05, 3.63) is 42.1 Å². The molecule has 3 heteroatoms. The lowest BCUT2D eigenvalue weighted by Gasteiger charge is -2.00. The van der Waals surface area contributed by atoms with Gasteiger partial charge < -0.3 is 0 Å². The van der Waals surface area contributed by atoms with Crippen molar-refractivity contribution in [2.45, 2.75) is 13.8 Å². The van der Waals surface area contributed by atoms with Gasteiger partial charge in [-0.15, -0.1) is 0 Å². The fourth-order valence-electron chi connectivity index (χ4n) is 1.16. The van der Waals surface area contributed by atoms with Crippen LogP contribution in [0.25, 0.3) is 11.3 Å². The Labute approximate surface area is 82.9 Å². The van der Waals surface area contributed by atoms with Gasteiger partial charge in [0.1, 0.15) is 5.82 Å². The highest BCUT2D eigenvalue weighted by Crippen LogP contribution is 2.14. The number of aryl methyl sites for hydroxylation is 2. The van der Waals surface area contributed by atoms with E-state index in [4.69, 9.17) is 0 Å². The van der Waals surface area contributed by atoms with Crippen molar-refractivity contribution in [3.63, 3.8) is 0 Å². The van der Waals surface area contributed by atoms with Crippen LogP contribution < -0.4 is 0 Å². The summed E-state index contributed by atoms with van der Waals surface area (Å²) >= 11 is 0. The Balaban J connectivity index is 2.40. The molecule has 0 radical (unpaired) electrons. The molecule has 0 spiro atoms. The van der Waals surface area contributed by atoms with E-state index in [0.717, 1.165) is 22.6 Å².